The Hall–Kier alpha value is -13.6. The monoisotopic (exact) mass is 1430 g/mol. The molecule has 0 unspecified atom stereocenters. The lowest BCUT2D eigenvalue weighted by atomic mass is 9.33. The van der Waals surface area contributed by atoms with Crippen LogP contribution in [0.2, 0.25) is 0 Å². The number of anilines is 6. The van der Waals surface area contributed by atoms with Crippen LogP contribution in [0.1, 0.15) is 59.5 Å². The van der Waals surface area contributed by atoms with Crippen molar-refractivity contribution in [2.45, 2.75) is 52.4 Å². The van der Waals surface area contributed by atoms with Crippen LogP contribution in [-0.4, -0.2) is 15.8 Å². The summed E-state index contributed by atoms with van der Waals surface area (Å²) in [5.74, 6) is 0. The zero-order valence-electron chi connectivity index (χ0n) is 67.2. The summed E-state index contributed by atoms with van der Waals surface area (Å²) in [4.78, 5) is 4.93. The quantitative estimate of drug-likeness (QED) is 0.135. The third-order valence-corrected chi connectivity index (χ3v) is 23.5. The molecule has 4 aromatic heterocycles. The predicted octanol–water partition coefficient (Wildman–Crippen LogP) is 26.7. The average molecular weight is 1430 g/mol. The van der Waals surface area contributed by atoms with E-state index in [4.69, 9.17) is 8.83 Å². The van der Waals surface area contributed by atoms with Gasteiger partial charge in [0.1, 0.15) is 22.3 Å². The lowest BCUT2D eigenvalue weighted by molar-refractivity contribution is 0.590. The highest BCUT2D eigenvalue weighted by Crippen LogP contribution is 2.55. The second-order valence-corrected chi connectivity index (χ2v) is 31.9. The maximum atomic E-state index is 10.2. The van der Waals surface area contributed by atoms with Crippen LogP contribution in [0, 0.1) is 0 Å². The second kappa shape index (κ2) is 24.4. The van der Waals surface area contributed by atoms with Gasteiger partial charge < -0.3 is 27.8 Å². The highest BCUT2D eigenvalue weighted by Gasteiger charge is 2.46. The standard InChI is InChI=1S/C104H75BN4O2/c1-103(2,3)72-48-53-88-81(62-72)82-63-73(104(4,5)6)49-54-89(82)107(88)93-41-24-36-74(69-47-55-98-83(56-69)79-35-19-23-43-97(79)110-98)101(93)108-90-51-45-67(64-26-10-7-11-27-64)57-84(90)105-85-58-68(65-28-12-8-13-29-65)46-52-91(85)109(95-60-71(59-94(108)100(95)105)66-30-14-9-15-31-66)102-75(70-44-50-80-78-34-18-22-42-96(78)111-99(80)61-70)37-25-40-92(102)106-86-38-20-16-32-76(86)77-33-17-21-39-87(77)106/h7-63H,1-6H3/i9D,14D,15D,30D,31D. The minimum absolute atomic E-state index is 0.0747. The molecule has 526 valence electrons. The van der Waals surface area contributed by atoms with Crippen molar-refractivity contribution in [3.8, 4) is 67.0 Å². The molecule has 22 rings (SSSR count). The first-order valence-electron chi connectivity index (χ1n) is 40.8. The van der Waals surface area contributed by atoms with Gasteiger partial charge in [-0.1, -0.05) is 278 Å². The van der Waals surface area contributed by atoms with Gasteiger partial charge in [0.2, 0.25) is 0 Å². The molecule has 0 spiro atoms. The normalized spacial score (nSPS) is 13.5. The Balaban J connectivity index is 0.942. The predicted molar refractivity (Wildman–Crippen MR) is 468 cm³/mol. The lowest BCUT2D eigenvalue weighted by Gasteiger charge is -2.46. The van der Waals surface area contributed by atoms with Crippen molar-refractivity contribution in [3.05, 3.63) is 357 Å². The van der Waals surface area contributed by atoms with Gasteiger partial charge in [-0.15, -0.1) is 0 Å². The largest absolute Gasteiger partial charge is 0.456 e. The van der Waals surface area contributed by atoms with Crippen molar-refractivity contribution >= 4 is 145 Å². The Labute approximate surface area is 651 Å². The summed E-state index contributed by atoms with van der Waals surface area (Å²) >= 11 is 0. The van der Waals surface area contributed by atoms with Crippen molar-refractivity contribution in [2.75, 3.05) is 9.80 Å². The van der Waals surface area contributed by atoms with Crippen molar-refractivity contribution in [1.82, 2.24) is 9.13 Å². The van der Waals surface area contributed by atoms with E-state index >= 15 is 0 Å². The smallest absolute Gasteiger partial charge is 0.252 e. The SMILES string of the molecule is [2H]c1c([2H])c([2H])c(-c2cc3c4c(c2)N(c2c(-c5ccc6oc7ccccc7c6c5)cccc2-n2c5ccc(C(C)(C)C)cc5c5cc(C(C)(C)C)ccc52)c2ccc(-c5ccccc5)cc2B4c2cc(-c4ccccc4)ccc2N3c2c(-c3ccc4c(c3)oc3ccccc34)cccc2-n2c3ccccc3c3ccccc32)c([2H])c1[2H]. The third kappa shape index (κ3) is 10.0. The van der Waals surface area contributed by atoms with Gasteiger partial charge in [0.15, 0.2) is 0 Å². The molecule has 6 nitrogen and oxygen atoms in total. The Morgan fingerprint density at radius 2 is 0.703 bits per heavy atom. The first kappa shape index (κ1) is 59.4. The molecule has 0 N–H and O–H groups in total. The molecule has 7 heteroatoms. The highest BCUT2D eigenvalue weighted by atomic mass is 16.3. The van der Waals surface area contributed by atoms with E-state index in [1.54, 1.807) is 0 Å². The molecule has 0 saturated heterocycles. The number of hydrogen-bond acceptors (Lipinski definition) is 4. The second-order valence-electron chi connectivity index (χ2n) is 31.9. The Morgan fingerprint density at radius 3 is 1.23 bits per heavy atom. The van der Waals surface area contributed by atoms with E-state index in [-0.39, 0.29) is 28.5 Å². The number of hydrogen-bond donors (Lipinski definition) is 0. The molecule has 6 heterocycles. The Morgan fingerprint density at radius 1 is 0.270 bits per heavy atom. The molecule has 20 aromatic rings. The molecule has 0 radical (unpaired) electrons. The number of aromatic nitrogens is 2. The van der Waals surface area contributed by atoms with Crippen LogP contribution in [0.5, 0.6) is 0 Å². The maximum absolute atomic E-state index is 10.2. The van der Waals surface area contributed by atoms with Gasteiger partial charge in [0.25, 0.3) is 6.71 Å². The van der Waals surface area contributed by atoms with Crippen LogP contribution in [0.3, 0.4) is 0 Å². The van der Waals surface area contributed by atoms with Crippen LogP contribution in [0.25, 0.3) is 154 Å². The van der Waals surface area contributed by atoms with Crippen LogP contribution in [0.15, 0.2) is 354 Å². The third-order valence-electron chi connectivity index (χ3n) is 23.5. The minimum atomic E-state index is -0.529. The molecular weight excluding hydrogens is 1350 g/mol. The summed E-state index contributed by atoms with van der Waals surface area (Å²) in [6, 6.07) is 112. The van der Waals surface area contributed by atoms with E-state index in [1.807, 2.05) is 24.3 Å². The maximum Gasteiger partial charge on any atom is 0.252 e. The number of nitrogens with zero attached hydrogens (tertiary/aromatic N) is 4. The highest BCUT2D eigenvalue weighted by molar-refractivity contribution is 7.00. The van der Waals surface area contributed by atoms with Crippen LogP contribution in [-0.2, 0) is 10.8 Å². The fraction of sp³-hybridized carbons (Fsp3) is 0.0769. The number of benzene rings is 16. The fourth-order valence-corrected chi connectivity index (χ4v) is 18.2. The topological polar surface area (TPSA) is 42.6 Å². The summed E-state index contributed by atoms with van der Waals surface area (Å²) in [5, 5.41) is 8.46. The van der Waals surface area contributed by atoms with E-state index in [9.17, 15) is 6.85 Å². The summed E-state index contributed by atoms with van der Waals surface area (Å²) in [6.07, 6.45) is 0. The Kier molecular flexibility index (Phi) is 13.1. The van der Waals surface area contributed by atoms with Gasteiger partial charge in [-0.25, -0.2) is 0 Å². The summed E-state index contributed by atoms with van der Waals surface area (Å²) in [7, 11) is 0. The van der Waals surface area contributed by atoms with Crippen LogP contribution in [0.4, 0.5) is 34.1 Å². The van der Waals surface area contributed by atoms with Gasteiger partial charge in [-0.05, 0) is 192 Å². The fourth-order valence-electron chi connectivity index (χ4n) is 18.2. The van der Waals surface area contributed by atoms with E-state index in [0.717, 1.165) is 194 Å². The number of furan rings is 2. The van der Waals surface area contributed by atoms with Crippen molar-refractivity contribution in [1.29, 1.82) is 0 Å². The molecule has 2 aliphatic rings. The molecule has 0 saturated carbocycles. The zero-order chi connectivity index (χ0) is 78.5. The molecule has 16 aromatic carbocycles. The van der Waals surface area contributed by atoms with Crippen molar-refractivity contribution < 1.29 is 15.7 Å². The number of rotatable bonds is 9. The van der Waals surface area contributed by atoms with Gasteiger partial charge in [0.05, 0.1) is 51.7 Å². The molecule has 0 aliphatic carbocycles. The lowest BCUT2D eigenvalue weighted by Crippen LogP contribution is -2.61. The molecule has 0 amide bonds. The summed E-state index contributed by atoms with van der Waals surface area (Å²) in [5.41, 5.74) is 27.4. The number of fused-ring (bicyclic) bond motifs is 16. The average Bonchev–Trinajstić information content (AvgIpc) is 0.694. The Bertz CT molecular complexity index is 7430. The molecular formula is C104H75BN4O2. The van der Waals surface area contributed by atoms with Crippen molar-refractivity contribution in [2.24, 2.45) is 0 Å². The molecule has 0 bridgehead atoms. The van der Waals surface area contributed by atoms with E-state index in [1.165, 1.54) is 11.1 Å². The summed E-state index contributed by atoms with van der Waals surface area (Å²) in [6.45, 7) is 13.2. The van der Waals surface area contributed by atoms with Crippen LogP contribution < -0.4 is 26.2 Å². The molecule has 0 fully saturated rings. The molecule has 2 aliphatic heterocycles. The van der Waals surface area contributed by atoms with E-state index in [0.29, 0.717) is 5.56 Å². The van der Waals surface area contributed by atoms with Crippen LogP contribution >= 0.6 is 0 Å². The summed E-state index contributed by atoms with van der Waals surface area (Å²) < 4.78 is 67.3. The first-order chi connectivity index (χ1) is 56.4. The number of para-hydroxylation sites is 6. The van der Waals surface area contributed by atoms with Gasteiger partial charge in [-0.2, -0.15) is 0 Å². The van der Waals surface area contributed by atoms with Gasteiger partial charge in [0, 0.05) is 77.0 Å². The van der Waals surface area contributed by atoms with E-state index in [2.05, 4.69) is 352 Å². The first-order valence-corrected chi connectivity index (χ1v) is 38.3. The zero-order valence-corrected chi connectivity index (χ0v) is 62.2. The van der Waals surface area contributed by atoms with E-state index < -0.39 is 24.8 Å². The minimum Gasteiger partial charge on any atom is -0.456 e. The molecule has 0 atom stereocenters. The van der Waals surface area contributed by atoms with Gasteiger partial charge >= 0.3 is 0 Å². The van der Waals surface area contributed by atoms with Gasteiger partial charge in [-0.3, -0.25) is 0 Å². The van der Waals surface area contributed by atoms with Crippen molar-refractivity contribution in [3.63, 3.8) is 0 Å². The molecule has 111 heavy (non-hydrogen) atoms.